The van der Waals surface area contributed by atoms with Crippen LogP contribution in [-0.2, 0) is 29.9 Å². The van der Waals surface area contributed by atoms with E-state index >= 15 is 4.39 Å². The molecule has 182 valence electrons. The van der Waals surface area contributed by atoms with Gasteiger partial charge in [0.25, 0.3) is 5.56 Å². The smallest absolute Gasteiger partial charge is 0.270 e. The number of rotatable bonds is 6. The minimum absolute atomic E-state index is 0.0851. The minimum Gasteiger partial charge on any atom is -0.289 e. The molecule has 2 atom stereocenters. The fourth-order valence-electron chi connectivity index (χ4n) is 5.15. The van der Waals surface area contributed by atoms with E-state index in [1.165, 1.54) is 18.2 Å². The van der Waals surface area contributed by atoms with Gasteiger partial charge < -0.3 is 0 Å². The van der Waals surface area contributed by atoms with E-state index in [1.807, 2.05) is 25.6 Å². The molecule has 2 unspecified atom stereocenters. The zero-order valence-electron chi connectivity index (χ0n) is 19.7. The Morgan fingerprint density at radius 1 is 1.15 bits per heavy atom. The number of nitrogens with zero attached hydrogens (tertiary/aromatic N) is 2. The van der Waals surface area contributed by atoms with E-state index in [2.05, 4.69) is 4.72 Å². The van der Waals surface area contributed by atoms with Crippen molar-refractivity contribution in [1.82, 2.24) is 14.1 Å². The number of hydrogen-bond donors (Lipinski definition) is 1. The van der Waals surface area contributed by atoms with E-state index in [0.29, 0.717) is 29.5 Å². The quantitative estimate of drug-likeness (QED) is 0.571. The molecule has 1 aromatic heterocycles. The van der Waals surface area contributed by atoms with Gasteiger partial charge in [0.2, 0.25) is 10.0 Å². The van der Waals surface area contributed by atoms with Crippen molar-refractivity contribution in [1.29, 1.82) is 0 Å². The monoisotopic (exact) mass is 489 g/mol. The van der Waals surface area contributed by atoms with Crippen LogP contribution < -0.4 is 10.3 Å². The molecule has 1 N–H and O–H groups in total. The lowest BCUT2D eigenvalue weighted by Crippen LogP contribution is -2.43. The maximum atomic E-state index is 15.6. The van der Waals surface area contributed by atoms with Crippen molar-refractivity contribution in [2.24, 2.45) is 7.05 Å². The highest BCUT2D eigenvalue weighted by Crippen LogP contribution is 2.36. The highest BCUT2D eigenvalue weighted by Gasteiger charge is 2.37. The van der Waals surface area contributed by atoms with Gasteiger partial charge in [-0.2, -0.15) is 0 Å². The summed E-state index contributed by atoms with van der Waals surface area (Å²) in [5.41, 5.74) is 2.21. The Kier molecular flexibility index (Phi) is 6.52. The highest BCUT2D eigenvalue weighted by atomic mass is 32.2. The van der Waals surface area contributed by atoms with Gasteiger partial charge in [0.15, 0.2) is 0 Å². The second kappa shape index (κ2) is 9.11. The van der Waals surface area contributed by atoms with Gasteiger partial charge in [0.1, 0.15) is 11.6 Å². The molecule has 2 aromatic carbocycles. The highest BCUT2D eigenvalue weighted by molar-refractivity contribution is 7.88. The van der Waals surface area contributed by atoms with Gasteiger partial charge in [-0.3, -0.25) is 9.48 Å². The molecule has 0 spiro atoms. The largest absolute Gasteiger partial charge is 0.289 e. The van der Waals surface area contributed by atoms with E-state index in [4.69, 9.17) is 0 Å². The third-order valence-electron chi connectivity index (χ3n) is 6.52. The molecule has 1 aliphatic carbocycles. The summed E-state index contributed by atoms with van der Waals surface area (Å²) in [6, 6.07) is 10.0. The number of nitrogens with one attached hydrogen (secondary N) is 1. The fraction of sp³-hybridized carbons (Fsp3) is 0.400. The minimum atomic E-state index is -3.55. The molecule has 0 fully saturated rings. The predicted octanol–water partition coefficient (Wildman–Crippen LogP) is 3.90. The molecule has 0 bridgehead atoms. The molecule has 34 heavy (non-hydrogen) atoms. The second-order valence-corrected chi connectivity index (χ2v) is 11.0. The topological polar surface area (TPSA) is 73.1 Å². The van der Waals surface area contributed by atoms with Gasteiger partial charge in [-0.25, -0.2) is 26.6 Å². The van der Waals surface area contributed by atoms with Gasteiger partial charge >= 0.3 is 0 Å². The lowest BCUT2D eigenvalue weighted by Gasteiger charge is -2.31. The van der Waals surface area contributed by atoms with Gasteiger partial charge in [-0.1, -0.05) is 30.3 Å². The van der Waals surface area contributed by atoms with Crippen molar-refractivity contribution in [3.63, 3.8) is 0 Å². The Morgan fingerprint density at radius 2 is 1.85 bits per heavy atom. The third-order valence-corrected chi connectivity index (χ3v) is 7.25. The van der Waals surface area contributed by atoms with Crippen molar-refractivity contribution < 1.29 is 17.2 Å². The first-order chi connectivity index (χ1) is 16.0. The van der Waals surface area contributed by atoms with Crippen LogP contribution in [0.1, 0.15) is 49.0 Å². The Balaban J connectivity index is 1.83. The van der Waals surface area contributed by atoms with E-state index < -0.39 is 33.6 Å². The van der Waals surface area contributed by atoms with Crippen LogP contribution in [0.5, 0.6) is 0 Å². The van der Waals surface area contributed by atoms with E-state index in [-0.39, 0.29) is 23.6 Å². The lowest BCUT2D eigenvalue weighted by molar-refractivity contribution is 0.407. The SMILES string of the molecule is CC(C)n1c(=O)c2c(n1C)CCC(NS(C)(=O)=O)C2Cc1cccc(-c2cccc(F)c2)c1F. The maximum Gasteiger partial charge on any atom is 0.270 e. The molecule has 0 aliphatic heterocycles. The van der Waals surface area contributed by atoms with Crippen molar-refractivity contribution >= 4 is 10.0 Å². The lowest BCUT2D eigenvalue weighted by atomic mass is 9.79. The summed E-state index contributed by atoms with van der Waals surface area (Å²) < 4.78 is 59.8. The van der Waals surface area contributed by atoms with Crippen LogP contribution in [0, 0.1) is 11.6 Å². The Bertz CT molecular complexity index is 1390. The Labute approximate surface area is 198 Å². The molecule has 9 heteroatoms. The number of hydrogen-bond acceptors (Lipinski definition) is 3. The predicted molar refractivity (Wildman–Crippen MR) is 128 cm³/mol. The summed E-state index contributed by atoms with van der Waals surface area (Å²) >= 11 is 0. The first-order valence-electron chi connectivity index (χ1n) is 11.3. The molecule has 1 aliphatic rings. The zero-order valence-corrected chi connectivity index (χ0v) is 20.5. The van der Waals surface area contributed by atoms with Crippen LogP contribution >= 0.6 is 0 Å². The number of fused-ring (bicyclic) bond motifs is 1. The molecule has 0 saturated carbocycles. The van der Waals surface area contributed by atoms with Crippen LogP contribution in [0.4, 0.5) is 8.78 Å². The molecule has 1 heterocycles. The summed E-state index contributed by atoms with van der Waals surface area (Å²) in [6.45, 7) is 3.83. The fourth-order valence-corrected chi connectivity index (χ4v) is 5.98. The van der Waals surface area contributed by atoms with Crippen LogP contribution in [-0.4, -0.2) is 30.1 Å². The first kappa shape index (κ1) is 24.3. The molecule has 3 aromatic rings. The van der Waals surface area contributed by atoms with Crippen LogP contribution in [0.3, 0.4) is 0 Å². The Morgan fingerprint density at radius 3 is 2.50 bits per heavy atom. The third kappa shape index (κ3) is 4.59. The molecule has 0 saturated heterocycles. The summed E-state index contributed by atoms with van der Waals surface area (Å²) in [5, 5.41) is 0. The summed E-state index contributed by atoms with van der Waals surface area (Å²) in [5.74, 6) is -1.51. The molecule has 0 amide bonds. The van der Waals surface area contributed by atoms with Crippen molar-refractivity contribution in [3.8, 4) is 11.1 Å². The number of aromatic nitrogens is 2. The molecular formula is C25H29F2N3O3S. The number of sulfonamides is 1. The summed E-state index contributed by atoms with van der Waals surface area (Å²) in [7, 11) is -1.72. The first-order valence-corrected chi connectivity index (χ1v) is 13.2. The number of halogens is 2. The standard InChI is InChI=1S/C25H29F2N3O3S/c1-15(2)30-25(31)23-20(21(28-34(4,32)33)11-12-22(23)29(30)3)14-17-8-6-10-19(24(17)27)16-7-5-9-18(26)13-16/h5-10,13,15,20-21,28H,11-12,14H2,1-4H3. The van der Waals surface area contributed by atoms with E-state index in [9.17, 15) is 17.6 Å². The normalized spacial score (nSPS) is 18.3. The van der Waals surface area contributed by atoms with E-state index in [0.717, 1.165) is 11.9 Å². The summed E-state index contributed by atoms with van der Waals surface area (Å²) in [4.78, 5) is 13.4. The van der Waals surface area contributed by atoms with E-state index in [1.54, 1.807) is 28.9 Å². The summed E-state index contributed by atoms with van der Waals surface area (Å²) in [6.07, 6.45) is 2.25. The van der Waals surface area contributed by atoms with Gasteiger partial charge in [0, 0.05) is 41.9 Å². The van der Waals surface area contributed by atoms with Crippen molar-refractivity contribution in [3.05, 3.63) is 81.3 Å². The van der Waals surface area contributed by atoms with Gasteiger partial charge in [-0.15, -0.1) is 0 Å². The average molecular weight is 490 g/mol. The van der Waals surface area contributed by atoms with Crippen LogP contribution in [0.25, 0.3) is 11.1 Å². The Hall–Kier alpha value is -2.78. The maximum absolute atomic E-state index is 15.6. The molecule has 0 radical (unpaired) electrons. The zero-order chi connectivity index (χ0) is 24.8. The molecule has 4 rings (SSSR count). The second-order valence-electron chi connectivity index (χ2n) is 9.26. The van der Waals surface area contributed by atoms with Crippen LogP contribution in [0.15, 0.2) is 47.3 Å². The van der Waals surface area contributed by atoms with Gasteiger partial charge in [0.05, 0.1) is 6.26 Å². The van der Waals surface area contributed by atoms with Crippen molar-refractivity contribution in [2.45, 2.75) is 51.1 Å². The van der Waals surface area contributed by atoms with Crippen molar-refractivity contribution in [2.75, 3.05) is 6.26 Å². The molecule has 6 nitrogen and oxygen atoms in total. The van der Waals surface area contributed by atoms with Crippen LogP contribution in [0.2, 0.25) is 0 Å². The number of benzene rings is 2. The average Bonchev–Trinajstić information content (AvgIpc) is 3.00. The molecular weight excluding hydrogens is 460 g/mol. The van der Waals surface area contributed by atoms with Gasteiger partial charge in [-0.05, 0) is 56.4 Å².